The predicted molar refractivity (Wildman–Crippen MR) is 154 cm³/mol. The molecule has 0 aromatic heterocycles. The van der Waals surface area contributed by atoms with Crippen LogP contribution in [0.25, 0.3) is 0 Å². The van der Waals surface area contributed by atoms with Crippen LogP contribution < -0.4 is 5.32 Å². The van der Waals surface area contributed by atoms with E-state index in [-0.39, 0.29) is 76.6 Å². The Bertz CT molecular complexity index is 1140. The van der Waals surface area contributed by atoms with Crippen LogP contribution in [0.4, 0.5) is 4.79 Å². The Hall–Kier alpha value is -2.86. The lowest BCUT2D eigenvalue weighted by Gasteiger charge is -2.22. The molecular weight excluding hydrogens is 652 g/mol. The maximum Gasteiger partial charge on any atom is 0.506 e. The fraction of sp³-hybridized carbons (Fsp3) is 0.500. The number of rotatable bonds is 16. The van der Waals surface area contributed by atoms with Crippen LogP contribution in [0, 0.1) is 11.8 Å². The number of Topliss-reactive ketones (excluding diaryl/α,β-unsaturated/α-hetero) is 2. The molecular formula is C28H34Br2N2O8. The molecule has 1 aliphatic rings. The van der Waals surface area contributed by atoms with Gasteiger partial charge in [-0.05, 0) is 68.7 Å². The van der Waals surface area contributed by atoms with E-state index in [1.54, 1.807) is 31.2 Å². The molecule has 218 valence electrons. The van der Waals surface area contributed by atoms with Crippen LogP contribution in [0.15, 0.2) is 33.2 Å². The summed E-state index contributed by atoms with van der Waals surface area (Å²) in [5.74, 6) is -2.04. The van der Waals surface area contributed by atoms with Gasteiger partial charge in [0.2, 0.25) is 5.91 Å². The van der Waals surface area contributed by atoms with Crippen molar-refractivity contribution in [2.24, 2.45) is 11.8 Å². The minimum absolute atomic E-state index is 0.0553. The normalized spacial score (nSPS) is 14.9. The third-order valence-electron chi connectivity index (χ3n) is 6.59. The van der Waals surface area contributed by atoms with E-state index in [0.717, 1.165) is 10.5 Å². The Labute approximate surface area is 250 Å². The molecule has 1 aromatic carbocycles. The number of halogens is 2. The van der Waals surface area contributed by atoms with Crippen LogP contribution in [0.5, 0.6) is 0 Å². The van der Waals surface area contributed by atoms with Gasteiger partial charge in [0.15, 0.2) is 5.78 Å². The van der Waals surface area contributed by atoms with Gasteiger partial charge in [-0.2, -0.15) is 0 Å². The van der Waals surface area contributed by atoms with Gasteiger partial charge < -0.3 is 15.2 Å². The van der Waals surface area contributed by atoms with Gasteiger partial charge in [-0.25, -0.2) is 4.79 Å². The van der Waals surface area contributed by atoms with Gasteiger partial charge in [0.05, 0.1) is 6.04 Å². The van der Waals surface area contributed by atoms with E-state index in [1.165, 1.54) is 0 Å². The minimum Gasteiger partial charge on any atom is -0.450 e. The van der Waals surface area contributed by atoms with Crippen LogP contribution in [0.3, 0.4) is 0 Å². The first-order valence-electron chi connectivity index (χ1n) is 13.0. The zero-order chi connectivity index (χ0) is 30.0. The molecule has 12 heteroatoms. The van der Waals surface area contributed by atoms with E-state index < -0.39 is 18.1 Å². The molecule has 0 fully saturated rings. The lowest BCUT2D eigenvalue weighted by atomic mass is 9.88. The lowest BCUT2D eigenvalue weighted by molar-refractivity contribution is -0.137. The van der Waals surface area contributed by atoms with Crippen LogP contribution in [-0.2, 0) is 41.7 Å². The largest absolute Gasteiger partial charge is 0.506 e. The third kappa shape index (κ3) is 9.96. The highest BCUT2D eigenvalue weighted by Crippen LogP contribution is 2.29. The maximum absolute atomic E-state index is 12.9. The van der Waals surface area contributed by atoms with E-state index in [1.807, 2.05) is 13.8 Å². The number of ketones is 2. The molecule has 3 amide bonds. The monoisotopic (exact) mass is 684 g/mol. The molecule has 0 aliphatic carbocycles. The molecule has 0 unspecified atom stereocenters. The number of imide groups is 1. The topological polar surface area (TPSA) is 147 Å². The van der Waals surface area contributed by atoms with Gasteiger partial charge in [0.1, 0.15) is 21.4 Å². The van der Waals surface area contributed by atoms with Gasteiger partial charge in [-0.1, -0.05) is 44.5 Å². The first kappa shape index (κ1) is 33.3. The highest BCUT2D eigenvalue weighted by molar-refractivity contribution is 9.14. The lowest BCUT2D eigenvalue weighted by Crippen LogP contribution is -2.44. The minimum atomic E-state index is -1.36. The van der Waals surface area contributed by atoms with Gasteiger partial charge in [-0.15, -0.1) is 0 Å². The van der Waals surface area contributed by atoms with Gasteiger partial charge in [-0.3, -0.25) is 28.9 Å². The highest BCUT2D eigenvalue weighted by Gasteiger charge is 2.35. The third-order valence-corrected chi connectivity index (χ3v) is 8.59. The predicted octanol–water partition coefficient (Wildman–Crippen LogP) is 4.66. The number of ether oxygens (including phenoxy) is 1. The van der Waals surface area contributed by atoms with Crippen molar-refractivity contribution < 1.29 is 38.6 Å². The average molecular weight is 686 g/mol. The number of carboxylic acid groups (broad SMARTS) is 1. The summed E-state index contributed by atoms with van der Waals surface area (Å²) in [6, 6.07) is 6.02. The summed E-state index contributed by atoms with van der Waals surface area (Å²) in [6.07, 6.45) is 0.867. The number of carbonyl (C=O) groups excluding carboxylic acids is 5. The molecule has 2 N–H and O–H groups in total. The number of nitrogens with zero attached hydrogens (tertiary/aromatic N) is 1. The second kappa shape index (κ2) is 15.8. The zero-order valence-electron chi connectivity index (χ0n) is 22.7. The van der Waals surface area contributed by atoms with Crippen LogP contribution >= 0.6 is 31.9 Å². The van der Waals surface area contributed by atoms with Crippen LogP contribution in [0.1, 0.15) is 64.0 Å². The van der Waals surface area contributed by atoms with Crippen LogP contribution in [0.2, 0.25) is 0 Å². The fourth-order valence-electron chi connectivity index (χ4n) is 4.12. The van der Waals surface area contributed by atoms with Crippen molar-refractivity contribution in [1.29, 1.82) is 0 Å². The second-order valence-corrected chi connectivity index (χ2v) is 11.6. The fourth-order valence-corrected chi connectivity index (χ4v) is 4.89. The number of amides is 3. The van der Waals surface area contributed by atoms with Crippen molar-refractivity contribution in [3.63, 3.8) is 0 Å². The Morgan fingerprint density at radius 3 is 2.05 bits per heavy atom. The smallest absolute Gasteiger partial charge is 0.450 e. The van der Waals surface area contributed by atoms with Crippen molar-refractivity contribution in [2.45, 2.75) is 71.9 Å². The van der Waals surface area contributed by atoms with E-state index in [0.29, 0.717) is 24.8 Å². The molecule has 1 aliphatic heterocycles. The summed E-state index contributed by atoms with van der Waals surface area (Å²) in [7, 11) is 0. The van der Waals surface area contributed by atoms with E-state index in [4.69, 9.17) is 5.11 Å². The number of benzene rings is 1. The van der Waals surface area contributed by atoms with Crippen LogP contribution in [-0.4, -0.2) is 58.0 Å². The Morgan fingerprint density at radius 2 is 1.50 bits per heavy atom. The summed E-state index contributed by atoms with van der Waals surface area (Å²) < 4.78 is 4.93. The molecule has 40 heavy (non-hydrogen) atoms. The number of hydrogen-bond donors (Lipinski definition) is 2. The highest BCUT2D eigenvalue weighted by atomic mass is 79.9. The van der Waals surface area contributed by atoms with Crippen molar-refractivity contribution in [3.05, 3.63) is 44.4 Å². The number of carbonyl (C=O) groups is 6. The van der Waals surface area contributed by atoms with Gasteiger partial charge in [0, 0.05) is 31.7 Å². The molecule has 0 radical (unpaired) electrons. The Kier molecular flexibility index (Phi) is 13.2. The Morgan fingerprint density at radius 1 is 0.925 bits per heavy atom. The molecule has 10 nitrogen and oxygen atoms in total. The number of hydrogen-bond acceptors (Lipinski definition) is 7. The average Bonchev–Trinajstić information content (AvgIpc) is 3.08. The first-order valence-corrected chi connectivity index (χ1v) is 14.6. The molecule has 0 bridgehead atoms. The van der Waals surface area contributed by atoms with E-state index >= 15 is 0 Å². The second-order valence-electron chi connectivity index (χ2n) is 10.0. The van der Waals surface area contributed by atoms with Crippen molar-refractivity contribution in [2.75, 3.05) is 6.54 Å². The first-order chi connectivity index (χ1) is 18.8. The standard InChI is InChI=1S/C28H34Br2N2O8/c1-16(2)21(14-20(33)7-5-4-6-12-32-26(36)23(29)24(30)27(32)37)25(35)31-17(3)22(34)13-18-8-10-19(11-9-18)15-40-28(38)39/h8-11,16-17,21H,4-7,12-15H2,1-3H3,(H,31,35)(H,38,39)/t17-,21-/m0/s1. The quantitative estimate of drug-likeness (QED) is 0.145. The van der Waals surface area contributed by atoms with E-state index in [2.05, 4.69) is 41.9 Å². The van der Waals surface area contributed by atoms with Crippen molar-refractivity contribution in [1.82, 2.24) is 10.2 Å². The summed E-state index contributed by atoms with van der Waals surface area (Å²) >= 11 is 6.18. The van der Waals surface area contributed by atoms with Crippen molar-refractivity contribution in [3.8, 4) is 0 Å². The molecule has 0 saturated heterocycles. The molecule has 2 atom stereocenters. The Balaban J connectivity index is 1.76. The summed E-state index contributed by atoms with van der Waals surface area (Å²) in [5, 5.41) is 11.3. The molecule has 1 aromatic rings. The molecule has 0 spiro atoms. The summed E-state index contributed by atoms with van der Waals surface area (Å²) in [6.45, 7) is 5.50. The summed E-state index contributed by atoms with van der Waals surface area (Å²) in [4.78, 5) is 74.0. The maximum atomic E-state index is 12.9. The summed E-state index contributed by atoms with van der Waals surface area (Å²) in [5.41, 5.74) is 1.37. The number of nitrogens with one attached hydrogen (secondary N) is 1. The molecule has 1 heterocycles. The van der Waals surface area contributed by atoms with Gasteiger partial charge in [0.25, 0.3) is 11.8 Å². The van der Waals surface area contributed by atoms with Gasteiger partial charge >= 0.3 is 6.16 Å². The zero-order valence-corrected chi connectivity index (χ0v) is 25.9. The number of unbranched alkanes of at least 4 members (excludes halogenated alkanes) is 2. The SMILES string of the molecule is CC(C)[C@H](CC(=O)CCCCCN1C(=O)C(Br)=C(Br)C1=O)C(=O)N[C@@H](C)C(=O)Cc1ccc(COC(=O)O)cc1. The van der Waals surface area contributed by atoms with Crippen molar-refractivity contribution >= 4 is 67.3 Å². The molecule has 0 saturated carbocycles. The molecule has 2 rings (SSSR count). The van der Waals surface area contributed by atoms with E-state index in [9.17, 15) is 28.8 Å².